The van der Waals surface area contributed by atoms with Crippen molar-refractivity contribution in [1.29, 1.82) is 0 Å². The first-order chi connectivity index (χ1) is 8.91. The molecular formula is C13H24N2O4. The van der Waals surface area contributed by atoms with Crippen molar-refractivity contribution in [2.45, 2.75) is 51.2 Å². The number of nitrogens with zero attached hydrogens (tertiary/aromatic N) is 1. The number of rotatable bonds is 5. The minimum atomic E-state index is -1.42. The highest BCUT2D eigenvalue weighted by atomic mass is 16.4. The van der Waals surface area contributed by atoms with Gasteiger partial charge in [-0.3, -0.25) is 0 Å². The summed E-state index contributed by atoms with van der Waals surface area (Å²) >= 11 is 0. The number of aliphatic carboxylic acids is 1. The van der Waals surface area contributed by atoms with Gasteiger partial charge < -0.3 is 20.4 Å². The molecule has 1 fully saturated rings. The lowest BCUT2D eigenvalue weighted by Crippen LogP contribution is -2.46. The molecular weight excluding hydrogens is 248 g/mol. The van der Waals surface area contributed by atoms with Gasteiger partial charge >= 0.3 is 12.0 Å². The second kappa shape index (κ2) is 7.33. The molecule has 0 aliphatic heterocycles. The summed E-state index contributed by atoms with van der Waals surface area (Å²) in [5.41, 5.74) is 0. The topological polar surface area (TPSA) is 89.9 Å². The number of aliphatic hydroxyl groups is 1. The number of urea groups is 1. The number of carboxylic acid groups (broad SMARTS) is 1. The number of hydrogen-bond acceptors (Lipinski definition) is 3. The van der Waals surface area contributed by atoms with Gasteiger partial charge in [0.15, 0.2) is 6.10 Å². The van der Waals surface area contributed by atoms with Crippen molar-refractivity contribution in [3.63, 3.8) is 0 Å². The van der Waals surface area contributed by atoms with Crippen molar-refractivity contribution in [3.05, 3.63) is 0 Å². The molecule has 1 aliphatic carbocycles. The normalized spacial score (nSPS) is 24.6. The Morgan fingerprint density at radius 3 is 2.68 bits per heavy atom. The number of carbonyl (C=O) groups excluding carboxylic acids is 1. The number of carbonyl (C=O) groups is 2. The lowest BCUT2D eigenvalue weighted by atomic mass is 9.86. The Hall–Kier alpha value is -1.30. The average Bonchev–Trinajstić information content (AvgIpc) is 2.37. The minimum absolute atomic E-state index is 0.0238. The fourth-order valence-corrected chi connectivity index (χ4v) is 2.48. The van der Waals surface area contributed by atoms with Crippen molar-refractivity contribution in [1.82, 2.24) is 10.2 Å². The molecule has 6 heteroatoms. The lowest BCUT2D eigenvalue weighted by molar-refractivity contribution is -0.146. The second-order valence-electron chi connectivity index (χ2n) is 5.41. The smallest absolute Gasteiger partial charge is 0.332 e. The number of hydrogen-bond donors (Lipinski definition) is 3. The molecule has 6 nitrogen and oxygen atoms in total. The van der Waals surface area contributed by atoms with Gasteiger partial charge in [-0.1, -0.05) is 19.8 Å². The van der Waals surface area contributed by atoms with Crippen LogP contribution < -0.4 is 5.32 Å². The van der Waals surface area contributed by atoms with Gasteiger partial charge in [0.1, 0.15) is 0 Å². The van der Waals surface area contributed by atoms with Crippen LogP contribution in [-0.4, -0.2) is 52.9 Å². The van der Waals surface area contributed by atoms with Crippen LogP contribution in [0.3, 0.4) is 0 Å². The quantitative estimate of drug-likeness (QED) is 0.697. The fraction of sp³-hybridized carbons (Fsp3) is 0.846. The van der Waals surface area contributed by atoms with Crippen LogP contribution in [0.2, 0.25) is 0 Å². The van der Waals surface area contributed by atoms with E-state index >= 15 is 0 Å². The Kier molecular flexibility index (Phi) is 6.08. The van der Waals surface area contributed by atoms with E-state index in [9.17, 15) is 9.59 Å². The van der Waals surface area contributed by atoms with Crippen LogP contribution in [0.15, 0.2) is 0 Å². The van der Waals surface area contributed by atoms with E-state index in [1.54, 1.807) is 11.9 Å². The first-order valence-corrected chi connectivity index (χ1v) is 6.83. The number of aliphatic hydroxyl groups excluding tert-OH is 1. The van der Waals surface area contributed by atoms with Gasteiger partial charge in [0.25, 0.3) is 0 Å². The summed E-state index contributed by atoms with van der Waals surface area (Å²) < 4.78 is 0. The summed E-state index contributed by atoms with van der Waals surface area (Å²) in [4.78, 5) is 24.0. The fourth-order valence-electron chi connectivity index (χ4n) is 2.48. The van der Waals surface area contributed by atoms with E-state index in [1.807, 2.05) is 0 Å². The molecule has 0 bridgehead atoms. The summed E-state index contributed by atoms with van der Waals surface area (Å²) in [5.74, 6) is -0.619. The highest BCUT2D eigenvalue weighted by Crippen LogP contribution is 2.26. The predicted molar refractivity (Wildman–Crippen MR) is 70.8 cm³/mol. The Balaban J connectivity index is 2.30. The maximum atomic E-state index is 11.9. The van der Waals surface area contributed by atoms with Crippen LogP contribution in [0.1, 0.15) is 39.0 Å². The van der Waals surface area contributed by atoms with Gasteiger partial charge in [-0.05, 0) is 18.8 Å². The Labute approximate surface area is 113 Å². The second-order valence-corrected chi connectivity index (χ2v) is 5.41. The van der Waals surface area contributed by atoms with Crippen molar-refractivity contribution < 1.29 is 19.8 Å². The molecule has 0 heterocycles. The standard InChI is InChI=1S/C13H24N2O4/c1-9-4-3-5-10(8-9)15(2)13(19)14-7-6-11(16)12(17)18/h9-11,16H,3-8H2,1-2H3,(H,14,19)(H,17,18). The molecule has 1 rings (SSSR count). The van der Waals surface area contributed by atoms with Gasteiger partial charge in [-0.2, -0.15) is 0 Å². The first kappa shape index (κ1) is 15.8. The Bertz CT molecular complexity index is 322. The Morgan fingerprint density at radius 2 is 2.11 bits per heavy atom. The van der Waals surface area contributed by atoms with E-state index < -0.39 is 12.1 Å². The zero-order chi connectivity index (χ0) is 14.4. The molecule has 0 aromatic carbocycles. The maximum absolute atomic E-state index is 11.9. The molecule has 1 aliphatic rings. The molecule has 19 heavy (non-hydrogen) atoms. The van der Waals surface area contributed by atoms with Gasteiger partial charge in [0.05, 0.1) is 0 Å². The molecule has 3 atom stereocenters. The zero-order valence-electron chi connectivity index (χ0n) is 11.6. The summed E-state index contributed by atoms with van der Waals surface area (Å²) in [5, 5.41) is 20.3. The first-order valence-electron chi connectivity index (χ1n) is 6.83. The molecule has 0 spiro atoms. The largest absolute Gasteiger partial charge is 0.479 e. The van der Waals surface area contributed by atoms with Crippen molar-refractivity contribution in [2.75, 3.05) is 13.6 Å². The number of carboxylic acids is 1. The number of amides is 2. The van der Waals surface area contributed by atoms with Gasteiger partial charge in [0.2, 0.25) is 0 Å². The van der Waals surface area contributed by atoms with Crippen LogP contribution in [0.4, 0.5) is 4.79 Å². The van der Waals surface area contributed by atoms with E-state index in [-0.39, 0.29) is 25.0 Å². The average molecular weight is 272 g/mol. The third-order valence-electron chi connectivity index (χ3n) is 3.76. The van der Waals surface area contributed by atoms with Gasteiger partial charge in [0, 0.05) is 26.1 Å². The zero-order valence-corrected chi connectivity index (χ0v) is 11.6. The molecule has 1 saturated carbocycles. The van der Waals surface area contributed by atoms with Crippen LogP contribution in [0.5, 0.6) is 0 Å². The van der Waals surface area contributed by atoms with Crippen molar-refractivity contribution in [2.24, 2.45) is 5.92 Å². The summed E-state index contributed by atoms with van der Waals surface area (Å²) in [7, 11) is 1.77. The molecule has 0 aromatic heterocycles. The van der Waals surface area contributed by atoms with Crippen molar-refractivity contribution in [3.8, 4) is 0 Å². The maximum Gasteiger partial charge on any atom is 0.332 e. The predicted octanol–water partition coefficient (Wildman–Crippen LogP) is 1.04. The van der Waals surface area contributed by atoms with E-state index in [0.717, 1.165) is 19.3 Å². The third kappa shape index (κ3) is 5.06. The van der Waals surface area contributed by atoms with E-state index in [4.69, 9.17) is 10.2 Å². The van der Waals surface area contributed by atoms with E-state index in [0.29, 0.717) is 5.92 Å². The van der Waals surface area contributed by atoms with Gasteiger partial charge in [-0.15, -0.1) is 0 Å². The highest BCUT2D eigenvalue weighted by Gasteiger charge is 2.25. The van der Waals surface area contributed by atoms with Crippen LogP contribution >= 0.6 is 0 Å². The Morgan fingerprint density at radius 1 is 1.42 bits per heavy atom. The summed E-state index contributed by atoms with van der Waals surface area (Å²) in [6, 6.07) is 0.0600. The van der Waals surface area contributed by atoms with Crippen molar-refractivity contribution >= 4 is 12.0 Å². The molecule has 3 unspecified atom stereocenters. The SMILES string of the molecule is CC1CCCC(N(C)C(=O)NCCC(O)C(=O)O)C1. The van der Waals surface area contributed by atoms with Crippen LogP contribution in [0.25, 0.3) is 0 Å². The lowest BCUT2D eigenvalue weighted by Gasteiger charge is -2.34. The van der Waals surface area contributed by atoms with Crippen LogP contribution in [-0.2, 0) is 4.79 Å². The molecule has 3 N–H and O–H groups in total. The third-order valence-corrected chi connectivity index (χ3v) is 3.76. The van der Waals surface area contributed by atoms with E-state index in [1.165, 1.54) is 6.42 Å². The monoisotopic (exact) mass is 272 g/mol. The molecule has 2 amide bonds. The molecule has 0 saturated heterocycles. The molecule has 0 aromatic rings. The summed E-state index contributed by atoms with van der Waals surface area (Å²) in [6.07, 6.45) is 3.00. The minimum Gasteiger partial charge on any atom is -0.479 e. The number of nitrogens with one attached hydrogen (secondary N) is 1. The van der Waals surface area contributed by atoms with Crippen LogP contribution in [0, 0.1) is 5.92 Å². The van der Waals surface area contributed by atoms with E-state index in [2.05, 4.69) is 12.2 Å². The van der Waals surface area contributed by atoms with Gasteiger partial charge in [-0.25, -0.2) is 9.59 Å². The summed E-state index contributed by atoms with van der Waals surface area (Å²) in [6.45, 7) is 2.36. The molecule has 0 radical (unpaired) electrons. The highest BCUT2D eigenvalue weighted by molar-refractivity contribution is 5.74. The molecule has 110 valence electrons.